The van der Waals surface area contributed by atoms with Crippen molar-refractivity contribution >= 4 is 5.97 Å². The third-order valence-electron chi connectivity index (χ3n) is 2.50. The molecule has 1 saturated heterocycles. The Hall–Kier alpha value is -0.690. The number of esters is 1. The maximum absolute atomic E-state index is 11.5. The fraction of sp³-hybridized carbons (Fsp3) is 0.909. The quantitative estimate of drug-likeness (QED) is 0.436. The second-order valence-electron chi connectivity index (χ2n) is 3.98. The molecule has 0 aromatic carbocycles. The average Bonchev–Trinajstić information content (AvgIpc) is 2.74. The number of rotatable bonds is 8. The normalized spacial score (nSPS) is 23.9. The highest BCUT2D eigenvalue weighted by Gasteiger charge is 2.28. The zero-order valence-electron chi connectivity index (χ0n) is 10.2. The van der Waals surface area contributed by atoms with Crippen LogP contribution in [0.25, 0.3) is 0 Å². The first-order valence-electron chi connectivity index (χ1n) is 5.89. The molecule has 100 valence electrons. The topological polar surface area (TPSA) is 77.0 Å². The predicted molar refractivity (Wildman–Crippen MR) is 60.7 cm³/mol. The molecule has 0 bridgehead atoms. The first-order valence-corrected chi connectivity index (χ1v) is 5.89. The molecule has 1 fully saturated rings. The van der Waals surface area contributed by atoms with E-state index in [1.165, 1.54) is 0 Å². The maximum Gasteiger partial charge on any atom is 0.323 e. The summed E-state index contributed by atoms with van der Waals surface area (Å²) in [4.78, 5) is 11.5. The van der Waals surface area contributed by atoms with Crippen molar-refractivity contribution in [3.05, 3.63) is 0 Å². The second-order valence-corrected chi connectivity index (χ2v) is 3.98. The van der Waals surface area contributed by atoms with Gasteiger partial charge in [0.15, 0.2) is 0 Å². The van der Waals surface area contributed by atoms with Crippen LogP contribution in [0.4, 0.5) is 0 Å². The summed E-state index contributed by atoms with van der Waals surface area (Å²) in [5.74, 6) is -0.318. The van der Waals surface area contributed by atoms with Crippen molar-refractivity contribution in [2.75, 3.05) is 40.1 Å². The van der Waals surface area contributed by atoms with Gasteiger partial charge >= 0.3 is 5.97 Å². The molecular formula is C11H21NO5. The van der Waals surface area contributed by atoms with E-state index >= 15 is 0 Å². The van der Waals surface area contributed by atoms with Gasteiger partial charge in [0.1, 0.15) is 12.6 Å². The van der Waals surface area contributed by atoms with Gasteiger partial charge in [0.05, 0.1) is 12.7 Å². The highest BCUT2D eigenvalue weighted by atomic mass is 16.6. The largest absolute Gasteiger partial charge is 0.462 e. The number of aliphatic hydroxyl groups is 1. The van der Waals surface area contributed by atoms with E-state index in [4.69, 9.17) is 14.2 Å². The summed E-state index contributed by atoms with van der Waals surface area (Å²) in [5.41, 5.74) is 0. The molecule has 6 nitrogen and oxygen atoms in total. The first-order chi connectivity index (χ1) is 8.24. The number of aliphatic hydroxyl groups excluding tert-OH is 1. The SMILES string of the molecule is COCCCOCCOC(=O)C1CC(O)CN1. The Kier molecular flexibility index (Phi) is 7.11. The molecule has 0 aromatic rings. The highest BCUT2D eigenvalue weighted by molar-refractivity contribution is 5.76. The van der Waals surface area contributed by atoms with Crippen molar-refractivity contribution < 1.29 is 24.1 Å². The predicted octanol–water partition coefficient (Wildman–Crippen LogP) is -0.694. The molecule has 2 N–H and O–H groups in total. The van der Waals surface area contributed by atoms with Crippen LogP contribution in [0.2, 0.25) is 0 Å². The van der Waals surface area contributed by atoms with Crippen LogP contribution in [-0.2, 0) is 19.0 Å². The molecule has 1 aliphatic rings. The van der Waals surface area contributed by atoms with Crippen LogP contribution in [0.1, 0.15) is 12.8 Å². The monoisotopic (exact) mass is 247 g/mol. The summed E-state index contributed by atoms with van der Waals surface area (Å²) in [6.07, 6.45) is 0.812. The molecule has 0 spiro atoms. The molecule has 1 rings (SSSR count). The molecule has 2 atom stereocenters. The van der Waals surface area contributed by atoms with Gasteiger partial charge in [-0.1, -0.05) is 0 Å². The van der Waals surface area contributed by atoms with Crippen LogP contribution in [0.5, 0.6) is 0 Å². The number of carbonyl (C=O) groups excluding carboxylic acids is 1. The Morgan fingerprint density at radius 2 is 2.18 bits per heavy atom. The standard InChI is InChI=1S/C11H21NO5/c1-15-3-2-4-16-5-6-17-11(14)10-7-9(13)8-12-10/h9-10,12-13H,2-8H2,1H3. The van der Waals surface area contributed by atoms with Gasteiger partial charge in [-0.15, -0.1) is 0 Å². The Morgan fingerprint density at radius 3 is 2.82 bits per heavy atom. The third kappa shape index (κ3) is 5.97. The van der Waals surface area contributed by atoms with Crippen LogP contribution in [0.15, 0.2) is 0 Å². The number of nitrogens with one attached hydrogen (secondary N) is 1. The van der Waals surface area contributed by atoms with Crippen molar-refractivity contribution in [2.24, 2.45) is 0 Å². The Labute approximate surface area is 101 Å². The van der Waals surface area contributed by atoms with E-state index in [0.29, 0.717) is 32.8 Å². The third-order valence-corrected chi connectivity index (χ3v) is 2.50. The van der Waals surface area contributed by atoms with Gasteiger partial charge in [0, 0.05) is 33.3 Å². The van der Waals surface area contributed by atoms with Gasteiger partial charge in [-0.25, -0.2) is 0 Å². The van der Waals surface area contributed by atoms with Gasteiger partial charge in [-0.3, -0.25) is 4.79 Å². The molecule has 6 heteroatoms. The molecule has 1 aliphatic heterocycles. The maximum atomic E-state index is 11.5. The fourth-order valence-electron chi connectivity index (χ4n) is 1.61. The van der Waals surface area contributed by atoms with E-state index in [-0.39, 0.29) is 18.6 Å². The van der Waals surface area contributed by atoms with Crippen LogP contribution < -0.4 is 5.32 Å². The number of hydrogen-bond acceptors (Lipinski definition) is 6. The minimum atomic E-state index is -0.446. The summed E-state index contributed by atoms with van der Waals surface area (Å²) in [5, 5.41) is 12.1. The van der Waals surface area contributed by atoms with Crippen molar-refractivity contribution in [1.82, 2.24) is 5.32 Å². The lowest BCUT2D eigenvalue weighted by atomic mass is 10.2. The van der Waals surface area contributed by atoms with Gasteiger partial charge in [-0.2, -0.15) is 0 Å². The number of hydrogen-bond donors (Lipinski definition) is 2. The number of ether oxygens (including phenoxy) is 3. The van der Waals surface area contributed by atoms with E-state index in [2.05, 4.69) is 5.32 Å². The van der Waals surface area contributed by atoms with E-state index in [1.54, 1.807) is 7.11 Å². The van der Waals surface area contributed by atoms with Gasteiger partial charge in [0.25, 0.3) is 0 Å². The fourth-order valence-corrected chi connectivity index (χ4v) is 1.61. The number of methoxy groups -OCH3 is 1. The van der Waals surface area contributed by atoms with Crippen molar-refractivity contribution in [3.63, 3.8) is 0 Å². The van der Waals surface area contributed by atoms with E-state index < -0.39 is 6.10 Å². The van der Waals surface area contributed by atoms with Crippen molar-refractivity contribution in [1.29, 1.82) is 0 Å². The summed E-state index contributed by atoms with van der Waals surface area (Å²) < 4.78 is 15.1. The minimum absolute atomic E-state index is 0.250. The molecule has 2 unspecified atom stereocenters. The first kappa shape index (κ1) is 14.4. The summed E-state index contributed by atoms with van der Waals surface area (Å²) in [7, 11) is 1.64. The molecule has 0 amide bonds. The molecule has 0 aromatic heterocycles. The highest BCUT2D eigenvalue weighted by Crippen LogP contribution is 2.07. The minimum Gasteiger partial charge on any atom is -0.462 e. The number of carbonyl (C=O) groups is 1. The lowest BCUT2D eigenvalue weighted by molar-refractivity contribution is -0.147. The van der Waals surface area contributed by atoms with Gasteiger partial charge in [0.2, 0.25) is 0 Å². The molecular weight excluding hydrogens is 226 g/mol. The van der Waals surface area contributed by atoms with Crippen LogP contribution >= 0.6 is 0 Å². The van der Waals surface area contributed by atoms with Crippen LogP contribution in [0.3, 0.4) is 0 Å². The zero-order valence-corrected chi connectivity index (χ0v) is 10.2. The summed E-state index contributed by atoms with van der Waals surface area (Å²) in [6.45, 7) is 2.37. The molecule has 0 radical (unpaired) electrons. The smallest absolute Gasteiger partial charge is 0.323 e. The van der Waals surface area contributed by atoms with Gasteiger partial charge < -0.3 is 24.6 Å². The van der Waals surface area contributed by atoms with Crippen LogP contribution in [0, 0.1) is 0 Å². The Bertz CT molecular complexity index is 224. The summed E-state index contributed by atoms with van der Waals surface area (Å²) >= 11 is 0. The second kappa shape index (κ2) is 8.41. The van der Waals surface area contributed by atoms with Crippen molar-refractivity contribution in [3.8, 4) is 0 Å². The molecule has 0 saturated carbocycles. The lowest BCUT2D eigenvalue weighted by Crippen LogP contribution is -2.33. The Morgan fingerprint density at radius 1 is 1.35 bits per heavy atom. The van der Waals surface area contributed by atoms with E-state index in [9.17, 15) is 9.90 Å². The molecule has 17 heavy (non-hydrogen) atoms. The van der Waals surface area contributed by atoms with Crippen molar-refractivity contribution in [2.45, 2.75) is 25.0 Å². The average molecular weight is 247 g/mol. The van der Waals surface area contributed by atoms with E-state index in [0.717, 1.165) is 6.42 Å². The lowest BCUT2D eigenvalue weighted by Gasteiger charge is -2.10. The van der Waals surface area contributed by atoms with E-state index in [1.807, 2.05) is 0 Å². The zero-order chi connectivity index (χ0) is 12.5. The summed E-state index contributed by atoms with van der Waals surface area (Å²) in [6, 6.07) is -0.376. The molecule has 0 aliphatic carbocycles. The Balaban J connectivity index is 1.93. The van der Waals surface area contributed by atoms with Gasteiger partial charge in [-0.05, 0) is 6.42 Å². The van der Waals surface area contributed by atoms with Crippen LogP contribution in [-0.4, -0.2) is 63.3 Å². The molecule has 1 heterocycles. The number of β-amino-alcohol motifs (C(OH)–C–C–N with tert-alkyl or cyclic N) is 1.